The summed E-state index contributed by atoms with van der Waals surface area (Å²) in [6, 6.07) is 7.33. The molecule has 0 aliphatic carbocycles. The van der Waals surface area contributed by atoms with Crippen LogP contribution in [0.5, 0.6) is 0 Å². The summed E-state index contributed by atoms with van der Waals surface area (Å²) in [6.45, 7) is 2.64. The third kappa shape index (κ3) is 3.90. The van der Waals surface area contributed by atoms with Crippen molar-refractivity contribution in [3.63, 3.8) is 0 Å². The molecule has 6 heteroatoms. The first kappa shape index (κ1) is 16.6. The van der Waals surface area contributed by atoms with Crippen LogP contribution in [0, 0.1) is 0 Å². The summed E-state index contributed by atoms with van der Waals surface area (Å²) in [4.78, 5) is 0. The number of nitrogens with zero attached hydrogens (tertiary/aromatic N) is 2. The van der Waals surface area contributed by atoms with Crippen molar-refractivity contribution < 1.29 is 13.9 Å². The third-order valence-corrected chi connectivity index (χ3v) is 3.48. The van der Waals surface area contributed by atoms with Gasteiger partial charge in [0.25, 0.3) is 0 Å². The zero-order chi connectivity index (χ0) is 16.5. The van der Waals surface area contributed by atoms with Crippen molar-refractivity contribution in [1.82, 2.24) is 9.78 Å². The Bertz CT molecular complexity index is 628. The minimum atomic E-state index is -2.65. The Morgan fingerprint density at radius 2 is 1.77 bits per heavy atom. The fourth-order valence-corrected chi connectivity index (χ4v) is 2.64. The predicted molar refractivity (Wildman–Crippen MR) is 81.4 cm³/mol. The molecule has 0 unspecified atom stereocenters. The monoisotopic (exact) mass is 309 g/mol. The lowest BCUT2D eigenvalue weighted by Crippen LogP contribution is -2.40. The number of benzene rings is 1. The Kier molecular flexibility index (Phi) is 4.35. The fourth-order valence-electron chi connectivity index (χ4n) is 2.64. The van der Waals surface area contributed by atoms with Gasteiger partial charge in [0, 0.05) is 17.3 Å². The third-order valence-electron chi connectivity index (χ3n) is 3.48. The molecule has 0 bridgehead atoms. The predicted octanol–water partition coefficient (Wildman–Crippen LogP) is 3.28. The standard InChI is InChI=1S/C16H21F2N3O/c1-15(2,22)10-16(3,19)13-6-4-11(5-7-13)12-8-20-21(9-12)14(17)18/h4-9,14,22H,10,19H2,1-3H3/t16-/m1/s1. The second-order valence-corrected chi connectivity index (χ2v) is 6.47. The van der Waals surface area contributed by atoms with E-state index in [4.69, 9.17) is 5.73 Å². The number of rotatable bonds is 5. The molecule has 0 saturated heterocycles. The van der Waals surface area contributed by atoms with Crippen LogP contribution < -0.4 is 5.73 Å². The Morgan fingerprint density at radius 3 is 2.23 bits per heavy atom. The van der Waals surface area contributed by atoms with Crippen molar-refractivity contribution in [2.75, 3.05) is 0 Å². The molecule has 2 rings (SSSR count). The molecular weight excluding hydrogens is 288 g/mol. The smallest absolute Gasteiger partial charge is 0.333 e. The van der Waals surface area contributed by atoms with Crippen LogP contribution >= 0.6 is 0 Å². The number of hydrogen-bond donors (Lipinski definition) is 2. The van der Waals surface area contributed by atoms with Crippen molar-refractivity contribution in [2.45, 2.75) is 44.9 Å². The van der Waals surface area contributed by atoms with Gasteiger partial charge in [-0.25, -0.2) is 4.68 Å². The van der Waals surface area contributed by atoms with Gasteiger partial charge in [0.2, 0.25) is 0 Å². The van der Waals surface area contributed by atoms with Gasteiger partial charge in [0.05, 0.1) is 11.8 Å². The maximum Gasteiger partial charge on any atom is 0.333 e. The highest BCUT2D eigenvalue weighted by atomic mass is 19.3. The van der Waals surface area contributed by atoms with Gasteiger partial charge in [-0.3, -0.25) is 0 Å². The van der Waals surface area contributed by atoms with Gasteiger partial charge in [-0.05, 0) is 38.3 Å². The van der Waals surface area contributed by atoms with Crippen LogP contribution in [0.4, 0.5) is 8.78 Å². The van der Waals surface area contributed by atoms with Gasteiger partial charge >= 0.3 is 6.55 Å². The number of aliphatic hydroxyl groups is 1. The molecule has 1 aromatic heterocycles. The van der Waals surface area contributed by atoms with Gasteiger partial charge in [0.1, 0.15) is 0 Å². The van der Waals surface area contributed by atoms with E-state index < -0.39 is 17.7 Å². The Labute approximate surface area is 128 Å². The Hall–Kier alpha value is -1.79. The largest absolute Gasteiger partial charge is 0.390 e. The van der Waals surface area contributed by atoms with Gasteiger partial charge < -0.3 is 10.8 Å². The van der Waals surface area contributed by atoms with E-state index in [1.807, 2.05) is 31.2 Å². The van der Waals surface area contributed by atoms with E-state index in [0.717, 1.165) is 11.1 Å². The van der Waals surface area contributed by atoms with Gasteiger partial charge in [0.15, 0.2) is 0 Å². The molecule has 0 radical (unpaired) electrons. The van der Waals surface area contributed by atoms with Crippen LogP contribution in [0.1, 0.15) is 39.3 Å². The highest BCUT2D eigenvalue weighted by molar-refractivity contribution is 5.62. The summed E-state index contributed by atoms with van der Waals surface area (Å²) in [7, 11) is 0. The average Bonchev–Trinajstić information content (AvgIpc) is 2.85. The molecule has 0 saturated carbocycles. The van der Waals surface area contributed by atoms with E-state index in [2.05, 4.69) is 5.10 Å². The summed E-state index contributed by atoms with van der Waals surface area (Å²) < 4.78 is 25.7. The molecule has 2 aromatic rings. The van der Waals surface area contributed by atoms with Crippen molar-refractivity contribution in [3.8, 4) is 11.1 Å². The minimum absolute atomic E-state index is 0.405. The molecule has 1 aromatic carbocycles. The van der Waals surface area contributed by atoms with E-state index >= 15 is 0 Å². The van der Waals surface area contributed by atoms with E-state index in [9.17, 15) is 13.9 Å². The first-order chi connectivity index (χ1) is 10.1. The molecule has 1 atom stereocenters. The lowest BCUT2D eigenvalue weighted by molar-refractivity contribution is 0.0478. The zero-order valence-corrected chi connectivity index (χ0v) is 12.9. The molecule has 0 fully saturated rings. The summed E-state index contributed by atoms with van der Waals surface area (Å²) in [6.07, 6.45) is 3.11. The number of alkyl halides is 2. The van der Waals surface area contributed by atoms with Crippen molar-refractivity contribution in [1.29, 1.82) is 0 Å². The fraction of sp³-hybridized carbons (Fsp3) is 0.438. The number of aromatic nitrogens is 2. The SMILES string of the molecule is CC(C)(O)C[C@@](C)(N)c1ccc(-c2cnn(C(F)F)c2)cc1. The molecule has 0 aliphatic rings. The van der Waals surface area contributed by atoms with Gasteiger partial charge in [-0.2, -0.15) is 13.9 Å². The first-order valence-corrected chi connectivity index (χ1v) is 7.03. The molecular formula is C16H21F2N3O. The zero-order valence-electron chi connectivity index (χ0n) is 12.9. The van der Waals surface area contributed by atoms with Crippen molar-refractivity contribution >= 4 is 0 Å². The number of nitrogens with two attached hydrogens (primary N) is 1. The van der Waals surface area contributed by atoms with Crippen LogP contribution in [0.25, 0.3) is 11.1 Å². The topological polar surface area (TPSA) is 64.1 Å². The Morgan fingerprint density at radius 1 is 1.18 bits per heavy atom. The summed E-state index contributed by atoms with van der Waals surface area (Å²) in [5.74, 6) is 0. The lowest BCUT2D eigenvalue weighted by atomic mass is 9.82. The maximum absolute atomic E-state index is 12.5. The first-order valence-electron chi connectivity index (χ1n) is 7.03. The molecule has 0 amide bonds. The summed E-state index contributed by atoms with van der Waals surface area (Å²) in [5, 5.41) is 13.6. The number of hydrogen-bond acceptors (Lipinski definition) is 3. The van der Waals surface area contributed by atoms with Crippen LogP contribution in [-0.2, 0) is 5.54 Å². The van der Waals surface area contributed by atoms with Crippen molar-refractivity contribution in [3.05, 3.63) is 42.2 Å². The Balaban J connectivity index is 2.22. The molecule has 22 heavy (non-hydrogen) atoms. The average molecular weight is 309 g/mol. The quantitative estimate of drug-likeness (QED) is 0.891. The van der Waals surface area contributed by atoms with Crippen LogP contribution in [0.15, 0.2) is 36.7 Å². The second kappa shape index (κ2) is 5.78. The highest BCUT2D eigenvalue weighted by Gasteiger charge is 2.29. The molecule has 0 aliphatic heterocycles. The van der Waals surface area contributed by atoms with Gasteiger partial charge in [-0.15, -0.1) is 0 Å². The lowest BCUT2D eigenvalue weighted by Gasteiger charge is -2.31. The van der Waals surface area contributed by atoms with E-state index in [-0.39, 0.29) is 0 Å². The minimum Gasteiger partial charge on any atom is -0.390 e. The number of halogens is 2. The van der Waals surface area contributed by atoms with Crippen LogP contribution in [0.2, 0.25) is 0 Å². The van der Waals surface area contributed by atoms with Gasteiger partial charge in [-0.1, -0.05) is 24.3 Å². The highest BCUT2D eigenvalue weighted by Crippen LogP contribution is 2.29. The molecule has 120 valence electrons. The van der Waals surface area contributed by atoms with E-state index in [1.54, 1.807) is 13.8 Å². The molecule has 3 N–H and O–H groups in total. The molecule has 4 nitrogen and oxygen atoms in total. The molecule has 1 heterocycles. The van der Waals surface area contributed by atoms with E-state index in [0.29, 0.717) is 16.7 Å². The second-order valence-electron chi connectivity index (χ2n) is 6.47. The molecule has 0 spiro atoms. The summed E-state index contributed by atoms with van der Waals surface area (Å²) >= 11 is 0. The van der Waals surface area contributed by atoms with Crippen molar-refractivity contribution in [2.24, 2.45) is 5.73 Å². The van der Waals surface area contributed by atoms with E-state index in [1.165, 1.54) is 12.4 Å². The summed E-state index contributed by atoms with van der Waals surface area (Å²) in [5.41, 5.74) is 7.01. The van der Waals surface area contributed by atoms with Crippen LogP contribution in [0.3, 0.4) is 0 Å². The normalized spacial score (nSPS) is 15.1. The maximum atomic E-state index is 12.5. The van der Waals surface area contributed by atoms with Crippen LogP contribution in [-0.4, -0.2) is 20.5 Å².